The van der Waals surface area contributed by atoms with Crippen molar-refractivity contribution in [1.29, 1.82) is 0 Å². The van der Waals surface area contributed by atoms with Crippen molar-refractivity contribution < 1.29 is 18.8 Å². The molecule has 0 unspecified atom stereocenters. The van der Waals surface area contributed by atoms with Crippen molar-refractivity contribution in [3.05, 3.63) is 65.5 Å². The number of piperazine rings is 1. The average molecular weight is 371 g/mol. The van der Waals surface area contributed by atoms with Crippen LogP contribution in [0.1, 0.15) is 22.8 Å². The molecular weight excluding hydrogens is 349 g/mol. The second kappa shape index (κ2) is 8.64. The lowest BCUT2D eigenvalue weighted by Gasteiger charge is -2.36. The summed E-state index contributed by atoms with van der Waals surface area (Å²) in [6.45, 7) is 3.61. The Morgan fingerprint density at radius 1 is 1.07 bits per heavy atom. The Morgan fingerprint density at radius 3 is 2.41 bits per heavy atom. The molecule has 1 aliphatic rings. The van der Waals surface area contributed by atoms with E-state index in [1.165, 1.54) is 13.0 Å². The molecule has 3 rings (SSSR count). The van der Waals surface area contributed by atoms with Gasteiger partial charge in [0.2, 0.25) is 0 Å². The van der Waals surface area contributed by atoms with E-state index >= 15 is 0 Å². The summed E-state index contributed by atoms with van der Waals surface area (Å²) in [5.74, 6) is -0.593. The highest BCUT2D eigenvalue weighted by Gasteiger charge is 2.23. The maximum Gasteiger partial charge on any atom is 0.341 e. The van der Waals surface area contributed by atoms with Crippen LogP contribution >= 0.6 is 0 Å². The molecule has 2 aromatic rings. The third kappa shape index (κ3) is 4.83. The molecule has 7 heteroatoms. The molecule has 1 heterocycles. The van der Waals surface area contributed by atoms with E-state index in [0.29, 0.717) is 44.0 Å². The van der Waals surface area contributed by atoms with Crippen molar-refractivity contribution in [2.24, 2.45) is 0 Å². The number of Topliss-reactive ketones (excluding diaryl/α,β-unsaturated/α-hetero) is 1. The summed E-state index contributed by atoms with van der Waals surface area (Å²) in [7, 11) is 0. The average Bonchev–Trinajstić information content (AvgIpc) is 2.69. The first-order valence-corrected chi connectivity index (χ1v) is 8.80. The quantitative estimate of drug-likeness (QED) is 0.648. The van der Waals surface area contributed by atoms with Gasteiger partial charge < -0.3 is 9.80 Å². The van der Waals surface area contributed by atoms with Gasteiger partial charge in [0.1, 0.15) is 5.82 Å². The molecule has 1 N–H and O–H groups in total. The Bertz CT molecular complexity index is 805. The highest BCUT2D eigenvalue weighted by atomic mass is 19.1. The predicted molar refractivity (Wildman–Crippen MR) is 100.0 cm³/mol. The molecule has 27 heavy (non-hydrogen) atoms. The molecule has 1 fully saturated rings. The lowest BCUT2D eigenvalue weighted by Crippen LogP contribution is -2.52. The molecule has 2 amide bonds. The van der Waals surface area contributed by atoms with Crippen molar-refractivity contribution in [3.8, 4) is 0 Å². The van der Waals surface area contributed by atoms with E-state index in [2.05, 4.69) is 5.48 Å². The summed E-state index contributed by atoms with van der Waals surface area (Å²) < 4.78 is 14.3. The van der Waals surface area contributed by atoms with Gasteiger partial charge in [-0.2, -0.15) is 0 Å². The second-order valence-electron chi connectivity index (χ2n) is 6.38. The summed E-state index contributed by atoms with van der Waals surface area (Å²) >= 11 is 0. The molecule has 6 nitrogen and oxygen atoms in total. The predicted octanol–water partition coefficient (Wildman–Crippen LogP) is 2.99. The van der Waals surface area contributed by atoms with Crippen LogP contribution in [0.5, 0.6) is 0 Å². The molecule has 142 valence electrons. The zero-order valence-electron chi connectivity index (χ0n) is 15.2. The number of amides is 2. The van der Waals surface area contributed by atoms with Crippen LogP contribution in [0.15, 0.2) is 48.5 Å². The van der Waals surface area contributed by atoms with Gasteiger partial charge >= 0.3 is 6.03 Å². The van der Waals surface area contributed by atoms with Crippen LogP contribution in [-0.4, -0.2) is 42.9 Å². The van der Waals surface area contributed by atoms with Gasteiger partial charge in [-0.1, -0.05) is 30.3 Å². The molecule has 1 saturated heterocycles. The molecule has 0 atom stereocenters. The number of nitrogens with zero attached hydrogens (tertiary/aromatic N) is 2. The van der Waals surface area contributed by atoms with E-state index in [1.807, 2.05) is 35.2 Å². The molecular formula is C20H22FN3O3. The van der Waals surface area contributed by atoms with Crippen LogP contribution in [-0.2, 0) is 11.4 Å². The van der Waals surface area contributed by atoms with Gasteiger partial charge in [-0.15, -0.1) is 0 Å². The normalized spacial score (nSPS) is 14.1. The van der Waals surface area contributed by atoms with Crippen LogP contribution < -0.4 is 10.4 Å². The highest BCUT2D eigenvalue weighted by molar-refractivity contribution is 5.94. The number of anilines is 1. The Balaban J connectivity index is 1.48. The van der Waals surface area contributed by atoms with Crippen molar-refractivity contribution in [2.75, 3.05) is 31.1 Å². The Hall–Kier alpha value is -2.93. The molecule has 0 aliphatic carbocycles. The van der Waals surface area contributed by atoms with Gasteiger partial charge in [0.25, 0.3) is 0 Å². The minimum absolute atomic E-state index is 0.169. The molecule has 0 saturated carbocycles. The third-order valence-corrected chi connectivity index (χ3v) is 4.50. The van der Waals surface area contributed by atoms with Gasteiger partial charge in [-0.3, -0.25) is 9.63 Å². The van der Waals surface area contributed by atoms with Crippen LogP contribution in [0.25, 0.3) is 0 Å². The van der Waals surface area contributed by atoms with E-state index in [4.69, 9.17) is 4.84 Å². The number of halogens is 1. The number of carbonyl (C=O) groups excluding carboxylic acids is 2. The molecule has 1 aliphatic heterocycles. The minimum atomic E-state index is -0.424. The van der Waals surface area contributed by atoms with Gasteiger partial charge in [0, 0.05) is 31.7 Å². The second-order valence-corrected chi connectivity index (χ2v) is 6.38. The zero-order valence-corrected chi connectivity index (χ0v) is 15.2. The monoisotopic (exact) mass is 371 g/mol. The molecule has 0 radical (unpaired) electrons. The van der Waals surface area contributed by atoms with E-state index in [9.17, 15) is 14.0 Å². The maximum absolute atomic E-state index is 14.3. The zero-order chi connectivity index (χ0) is 19.2. The summed E-state index contributed by atoms with van der Waals surface area (Å²) in [4.78, 5) is 32.3. The number of hydrogen-bond donors (Lipinski definition) is 1. The molecule has 0 bridgehead atoms. The fourth-order valence-corrected chi connectivity index (χ4v) is 2.95. The maximum atomic E-state index is 14.3. The summed E-state index contributed by atoms with van der Waals surface area (Å²) in [5, 5.41) is 0. The Labute approximate surface area is 157 Å². The van der Waals surface area contributed by atoms with E-state index in [1.54, 1.807) is 17.0 Å². The van der Waals surface area contributed by atoms with Gasteiger partial charge in [-0.05, 0) is 30.7 Å². The van der Waals surface area contributed by atoms with Crippen molar-refractivity contribution in [1.82, 2.24) is 10.4 Å². The van der Waals surface area contributed by atoms with Crippen molar-refractivity contribution in [2.45, 2.75) is 13.5 Å². The summed E-state index contributed by atoms with van der Waals surface area (Å²) in [6, 6.07) is 13.7. The molecule has 2 aromatic carbocycles. The lowest BCUT2D eigenvalue weighted by atomic mass is 10.1. The van der Waals surface area contributed by atoms with Crippen molar-refractivity contribution >= 4 is 17.5 Å². The fourth-order valence-electron chi connectivity index (χ4n) is 2.95. The van der Waals surface area contributed by atoms with Crippen molar-refractivity contribution in [3.63, 3.8) is 0 Å². The number of hydrogen-bond acceptors (Lipinski definition) is 4. The summed E-state index contributed by atoms with van der Waals surface area (Å²) in [5.41, 5.74) is 4.21. The number of ketones is 1. The van der Waals surface area contributed by atoms with Crippen LogP contribution in [0.3, 0.4) is 0 Å². The fraction of sp³-hybridized carbons (Fsp3) is 0.300. The van der Waals surface area contributed by atoms with Crippen LogP contribution in [0.4, 0.5) is 14.9 Å². The number of urea groups is 1. The highest BCUT2D eigenvalue weighted by Crippen LogP contribution is 2.22. The lowest BCUT2D eigenvalue weighted by molar-refractivity contribution is 0.0359. The largest absolute Gasteiger partial charge is 0.366 e. The molecule has 0 spiro atoms. The SMILES string of the molecule is CC(=O)c1ccc(N2CCN(C(=O)NOCc3ccccc3)CC2)c(F)c1. The van der Waals surface area contributed by atoms with Gasteiger partial charge in [0.05, 0.1) is 12.3 Å². The topological polar surface area (TPSA) is 61.9 Å². The minimum Gasteiger partial charge on any atom is -0.366 e. The number of carbonyl (C=O) groups is 2. The van der Waals surface area contributed by atoms with E-state index < -0.39 is 5.82 Å². The first-order valence-electron chi connectivity index (χ1n) is 8.80. The number of benzene rings is 2. The smallest absolute Gasteiger partial charge is 0.341 e. The van der Waals surface area contributed by atoms with Gasteiger partial charge in [0.15, 0.2) is 5.78 Å². The Morgan fingerprint density at radius 2 is 1.78 bits per heavy atom. The van der Waals surface area contributed by atoms with E-state index in [0.717, 1.165) is 5.56 Å². The standard InChI is InChI=1S/C20H22FN3O3/c1-15(25)17-7-8-19(18(21)13-17)23-9-11-24(12-10-23)20(26)22-27-14-16-5-3-2-4-6-16/h2-8,13H,9-12,14H2,1H3,(H,22,26). The first-order chi connectivity index (χ1) is 13.0. The third-order valence-electron chi connectivity index (χ3n) is 4.50. The number of nitrogens with one attached hydrogen (secondary N) is 1. The molecule has 0 aromatic heterocycles. The first kappa shape index (κ1) is 18.8. The van der Waals surface area contributed by atoms with Crippen LogP contribution in [0.2, 0.25) is 0 Å². The summed E-state index contributed by atoms with van der Waals surface area (Å²) in [6.07, 6.45) is 0. The number of hydroxylamine groups is 1. The number of rotatable bonds is 5. The van der Waals surface area contributed by atoms with Gasteiger partial charge in [-0.25, -0.2) is 14.7 Å². The van der Waals surface area contributed by atoms with E-state index in [-0.39, 0.29) is 11.8 Å². The van der Waals surface area contributed by atoms with Crippen LogP contribution in [0, 0.1) is 5.82 Å². The Kier molecular flexibility index (Phi) is 6.03.